The topological polar surface area (TPSA) is 0 Å². The lowest BCUT2D eigenvalue weighted by molar-refractivity contribution is 1.74. The zero-order chi connectivity index (χ0) is 15.6. The molecule has 1 aromatic heterocycles. The first-order valence-corrected chi connectivity index (χ1v) is 11.6. The molecule has 0 N–H and O–H groups in total. The van der Waals surface area contributed by atoms with Gasteiger partial charge in [-0.1, -0.05) is 118 Å². The second-order valence-corrected chi connectivity index (χ2v) is 9.30. The summed E-state index contributed by atoms with van der Waals surface area (Å²) in [6.45, 7) is 0. The molecule has 0 spiro atoms. The van der Waals surface area contributed by atoms with Crippen molar-refractivity contribution in [3.05, 3.63) is 108 Å². The summed E-state index contributed by atoms with van der Waals surface area (Å²) < 4.78 is 0. The van der Waals surface area contributed by atoms with E-state index >= 15 is 0 Å². The minimum absolute atomic E-state index is 1.72. The van der Waals surface area contributed by atoms with Crippen molar-refractivity contribution in [2.45, 2.75) is 0 Å². The van der Waals surface area contributed by atoms with E-state index in [4.69, 9.17) is 0 Å². The van der Waals surface area contributed by atoms with E-state index in [0.29, 0.717) is 0 Å². The summed E-state index contributed by atoms with van der Waals surface area (Å²) in [6, 6.07) is 32.2. The molecule has 0 nitrogen and oxygen atoms in total. The predicted molar refractivity (Wildman–Crippen MR) is 106 cm³/mol. The summed E-state index contributed by atoms with van der Waals surface area (Å²) in [6.07, 6.45) is 0. The Morgan fingerprint density at radius 2 is 0.500 bits per heavy atom. The molecule has 0 fully saturated rings. The van der Waals surface area contributed by atoms with Crippen LogP contribution in [-0.2, 0) is 0 Å². The van der Waals surface area contributed by atoms with Crippen molar-refractivity contribution in [3.63, 3.8) is 0 Å². The molecule has 1 rings (SSSR count). The highest BCUT2D eigenvalue weighted by Crippen LogP contribution is 2.10. The van der Waals surface area contributed by atoms with Gasteiger partial charge >= 0.3 is 0 Å². The van der Waals surface area contributed by atoms with E-state index in [1.807, 2.05) is 97.1 Å². The van der Waals surface area contributed by atoms with Gasteiger partial charge in [0.25, 0.3) is 0 Å². The molecule has 0 aliphatic rings. The fourth-order valence-corrected chi connectivity index (χ4v) is 5.57. The molecule has 1 heterocycles. The number of hydrogen-bond acceptors (Lipinski definition) is 4. The van der Waals surface area contributed by atoms with Crippen LogP contribution in [0.1, 0.15) is 0 Å². The first kappa shape index (κ1) is 18.6. The Morgan fingerprint density at radius 1 is 0.273 bits per heavy atom. The summed E-state index contributed by atoms with van der Waals surface area (Å²) in [5.41, 5.74) is 0. The van der Waals surface area contributed by atoms with Gasteiger partial charge in [-0.15, -0.1) is 0 Å². The first-order valence-electron chi connectivity index (χ1n) is 6.64. The van der Waals surface area contributed by atoms with E-state index in [2.05, 4.69) is 10.8 Å². The third-order valence-electron chi connectivity index (χ3n) is 2.04. The molecule has 0 aromatic carbocycles. The van der Waals surface area contributed by atoms with Gasteiger partial charge in [-0.3, -0.25) is 0 Å². The molecule has 0 aliphatic heterocycles. The molecule has 4 heteroatoms. The van der Waals surface area contributed by atoms with E-state index in [0.717, 1.165) is 0 Å². The maximum atomic E-state index is 2.08. The lowest BCUT2D eigenvalue weighted by atomic mass is 10.4. The largest absolute Gasteiger partial charge is 0.0771 e. The Morgan fingerprint density at radius 3 is 0.773 bits per heavy atom. The van der Waals surface area contributed by atoms with Crippen LogP contribution in [0.15, 0.2) is 108 Å². The molecule has 0 saturated heterocycles. The van der Waals surface area contributed by atoms with Gasteiger partial charge in [0.2, 0.25) is 0 Å². The van der Waals surface area contributed by atoms with Gasteiger partial charge in [-0.25, -0.2) is 0 Å². The summed E-state index contributed by atoms with van der Waals surface area (Å²) in [7, 11) is 6.93. The van der Waals surface area contributed by atoms with Gasteiger partial charge in [0.15, 0.2) is 0 Å². The third kappa shape index (κ3) is 13.5. The van der Waals surface area contributed by atoms with Crippen molar-refractivity contribution in [2.24, 2.45) is 0 Å². The van der Waals surface area contributed by atoms with Crippen molar-refractivity contribution in [3.8, 4) is 0 Å². The van der Waals surface area contributed by atoms with Crippen LogP contribution in [-0.4, -0.2) is 0 Å². The molecule has 0 amide bonds. The van der Waals surface area contributed by atoms with Gasteiger partial charge in [-0.2, -0.15) is 0 Å². The van der Waals surface area contributed by atoms with E-state index in [9.17, 15) is 0 Å². The Hall–Kier alpha value is -1.46. The smallest absolute Gasteiger partial charge is 0.00217 e. The van der Waals surface area contributed by atoms with E-state index in [-0.39, 0.29) is 0 Å². The quantitative estimate of drug-likeness (QED) is 0.418. The minimum atomic E-state index is 1.72. The monoisotopic (exact) mass is 362 g/mol. The van der Waals surface area contributed by atoms with Crippen LogP contribution in [0.4, 0.5) is 0 Å². The second kappa shape index (κ2) is 15.9. The van der Waals surface area contributed by atoms with Crippen molar-refractivity contribution < 1.29 is 0 Å². The molecule has 0 unspecified atom stereocenters. The molecule has 0 atom stereocenters. The van der Waals surface area contributed by atoms with Crippen molar-refractivity contribution >= 4 is 39.4 Å². The van der Waals surface area contributed by atoms with Crippen molar-refractivity contribution in [2.75, 3.05) is 0 Å². The Labute approximate surface area is 146 Å². The molecule has 114 valence electrons. The van der Waals surface area contributed by atoms with Crippen molar-refractivity contribution in [1.82, 2.24) is 0 Å². The van der Waals surface area contributed by atoms with Crippen LogP contribution in [0.5, 0.6) is 0 Å². The minimum Gasteiger partial charge on any atom is -0.0771 e. The lowest BCUT2D eigenvalue weighted by Gasteiger charge is -1.69. The zero-order valence-electron chi connectivity index (χ0n) is 12.0. The van der Waals surface area contributed by atoms with E-state index < -0.39 is 0 Å². The lowest BCUT2D eigenvalue weighted by Crippen LogP contribution is -1.46. The second-order valence-electron chi connectivity index (χ2n) is 3.68. The maximum absolute atomic E-state index is 2.08. The van der Waals surface area contributed by atoms with Gasteiger partial charge in [0.05, 0.1) is 0 Å². The Bertz CT molecular complexity index is 387. The van der Waals surface area contributed by atoms with Gasteiger partial charge in [-0.05, 0) is 18.7 Å². The van der Waals surface area contributed by atoms with Gasteiger partial charge < -0.3 is 0 Å². The first-order chi connectivity index (χ1) is 11.0. The van der Waals surface area contributed by atoms with E-state index in [1.165, 1.54) is 0 Å². The van der Waals surface area contributed by atoms with Gasteiger partial charge in [0, 0.05) is 10.8 Å². The normalized spacial score (nSPS) is 8.00. The summed E-state index contributed by atoms with van der Waals surface area (Å²) >= 11 is 0. The number of hydrogen-bond donors (Lipinski definition) is 0. The molecular formula is C18H18S4. The molecule has 0 radical (unpaired) electrons. The molecule has 1 aromatic rings. The summed E-state index contributed by atoms with van der Waals surface area (Å²) in [5, 5.41) is 4.15. The van der Waals surface area contributed by atoms with Crippen LogP contribution < -0.4 is 0 Å². The Balaban J connectivity index is 3.00. The van der Waals surface area contributed by atoms with E-state index in [1.54, 1.807) is 39.4 Å². The summed E-state index contributed by atoms with van der Waals surface area (Å²) in [4.78, 5) is 0. The van der Waals surface area contributed by atoms with Crippen LogP contribution in [0.3, 0.4) is 0 Å². The fourth-order valence-electron chi connectivity index (χ4n) is 1.13. The van der Waals surface area contributed by atoms with Gasteiger partial charge in [0.1, 0.15) is 0 Å². The highest BCUT2D eigenvalue weighted by atomic mass is 33.4. The highest BCUT2D eigenvalue weighted by Gasteiger charge is 1.60. The Kier molecular flexibility index (Phi) is 13.5. The zero-order valence-corrected chi connectivity index (χ0v) is 15.3. The standard InChI is InChI=1S/C18H18S4/c1-2-4-6-8-10-12-14-16-18-20-22-21-19-17-15-13-11-9-7-5-3-1/h1-18H. The fraction of sp³-hybridized carbons (Fsp3) is 0. The SMILES string of the molecule is c1cccccccccsssscccccccc1. The summed E-state index contributed by atoms with van der Waals surface area (Å²) in [5.74, 6) is 0. The van der Waals surface area contributed by atoms with Crippen LogP contribution in [0, 0.1) is 0 Å². The highest BCUT2D eigenvalue weighted by molar-refractivity contribution is 8.06. The van der Waals surface area contributed by atoms with Crippen LogP contribution in [0.25, 0.3) is 0 Å². The molecule has 0 saturated carbocycles. The van der Waals surface area contributed by atoms with Crippen LogP contribution >= 0.6 is 39.4 Å². The molecule has 0 bridgehead atoms. The average Bonchev–Trinajstić information content (AvgIpc) is 2.53. The maximum Gasteiger partial charge on any atom is 0.00217 e. The average molecular weight is 363 g/mol. The predicted octanol–water partition coefficient (Wildman–Crippen LogP) is 7.55. The number of rotatable bonds is 0. The van der Waals surface area contributed by atoms with Crippen molar-refractivity contribution in [1.29, 1.82) is 0 Å². The third-order valence-corrected chi connectivity index (χ3v) is 7.51. The molecule has 22 heavy (non-hydrogen) atoms. The molecule has 0 aliphatic carbocycles. The van der Waals surface area contributed by atoms with Crippen LogP contribution in [0.2, 0.25) is 0 Å². The molecular weight excluding hydrogens is 344 g/mol.